The molecular formula is C16H13NOS. The van der Waals surface area contributed by atoms with Crippen LogP contribution < -0.4 is 5.32 Å². The Morgan fingerprint density at radius 2 is 1.74 bits per heavy atom. The van der Waals surface area contributed by atoms with Crippen LogP contribution in [0.5, 0.6) is 0 Å². The van der Waals surface area contributed by atoms with Crippen molar-refractivity contribution in [2.45, 2.75) is 4.90 Å². The first kappa shape index (κ1) is 13.3. The molecule has 0 aliphatic carbocycles. The predicted molar refractivity (Wildman–Crippen MR) is 80.2 cm³/mol. The third-order valence-corrected chi connectivity index (χ3v) is 3.25. The van der Waals surface area contributed by atoms with Gasteiger partial charge in [0.15, 0.2) is 0 Å². The SMILES string of the molecule is CSc1ccccc1NC(=O)C#Cc1ccccc1. The maximum Gasteiger partial charge on any atom is 0.300 e. The molecule has 2 aromatic rings. The van der Waals surface area contributed by atoms with Gasteiger partial charge in [-0.25, -0.2) is 0 Å². The van der Waals surface area contributed by atoms with E-state index in [2.05, 4.69) is 17.2 Å². The highest BCUT2D eigenvalue weighted by molar-refractivity contribution is 7.98. The van der Waals surface area contributed by atoms with Gasteiger partial charge in [-0.3, -0.25) is 4.79 Å². The number of benzene rings is 2. The van der Waals surface area contributed by atoms with Crippen LogP contribution in [-0.4, -0.2) is 12.2 Å². The highest BCUT2D eigenvalue weighted by Crippen LogP contribution is 2.24. The number of carbonyl (C=O) groups is 1. The summed E-state index contributed by atoms with van der Waals surface area (Å²) >= 11 is 1.59. The average Bonchev–Trinajstić information content (AvgIpc) is 2.47. The Labute approximate surface area is 117 Å². The molecule has 0 fully saturated rings. The van der Waals surface area contributed by atoms with E-state index in [-0.39, 0.29) is 5.91 Å². The van der Waals surface area contributed by atoms with Gasteiger partial charge in [0.25, 0.3) is 0 Å². The molecule has 19 heavy (non-hydrogen) atoms. The van der Waals surface area contributed by atoms with Crippen molar-refractivity contribution < 1.29 is 4.79 Å². The van der Waals surface area contributed by atoms with Gasteiger partial charge in [-0.2, -0.15) is 0 Å². The van der Waals surface area contributed by atoms with Crippen molar-refractivity contribution in [3.8, 4) is 11.8 Å². The van der Waals surface area contributed by atoms with Crippen LogP contribution in [0.1, 0.15) is 5.56 Å². The summed E-state index contributed by atoms with van der Waals surface area (Å²) in [5, 5.41) is 2.80. The van der Waals surface area contributed by atoms with Crippen LogP contribution in [0.25, 0.3) is 0 Å². The summed E-state index contributed by atoms with van der Waals surface area (Å²) in [4.78, 5) is 12.8. The molecule has 1 amide bonds. The van der Waals surface area contributed by atoms with Gasteiger partial charge in [0.1, 0.15) is 0 Å². The summed E-state index contributed by atoms with van der Waals surface area (Å²) in [6.07, 6.45) is 1.97. The van der Waals surface area contributed by atoms with E-state index >= 15 is 0 Å². The monoisotopic (exact) mass is 267 g/mol. The lowest BCUT2D eigenvalue weighted by atomic mass is 10.2. The number of carbonyl (C=O) groups excluding carboxylic acids is 1. The van der Waals surface area contributed by atoms with Crippen LogP contribution >= 0.6 is 11.8 Å². The summed E-state index contributed by atoms with van der Waals surface area (Å²) in [7, 11) is 0. The van der Waals surface area contributed by atoms with Gasteiger partial charge in [0, 0.05) is 16.4 Å². The van der Waals surface area contributed by atoms with E-state index in [9.17, 15) is 4.79 Å². The first-order valence-corrected chi connectivity index (χ1v) is 7.03. The van der Waals surface area contributed by atoms with Crippen molar-refractivity contribution in [1.82, 2.24) is 0 Å². The number of thioether (sulfide) groups is 1. The number of rotatable bonds is 2. The summed E-state index contributed by atoms with van der Waals surface area (Å²) in [5.74, 6) is 5.12. The smallest absolute Gasteiger partial charge is 0.300 e. The molecule has 2 rings (SSSR count). The van der Waals surface area contributed by atoms with Crippen LogP contribution in [0.4, 0.5) is 5.69 Å². The largest absolute Gasteiger partial charge is 0.314 e. The molecule has 0 saturated heterocycles. The lowest BCUT2D eigenvalue weighted by Crippen LogP contribution is -2.09. The van der Waals surface area contributed by atoms with E-state index < -0.39 is 0 Å². The molecule has 0 aliphatic rings. The lowest BCUT2D eigenvalue weighted by Gasteiger charge is -2.05. The normalized spacial score (nSPS) is 9.32. The Kier molecular flexibility index (Phi) is 4.66. The quantitative estimate of drug-likeness (QED) is 0.667. The number of nitrogens with one attached hydrogen (secondary N) is 1. The highest BCUT2D eigenvalue weighted by atomic mass is 32.2. The van der Waals surface area contributed by atoms with Crippen LogP contribution in [0.3, 0.4) is 0 Å². The lowest BCUT2D eigenvalue weighted by molar-refractivity contribution is -0.111. The van der Waals surface area contributed by atoms with Gasteiger partial charge >= 0.3 is 5.91 Å². The molecule has 0 radical (unpaired) electrons. The van der Waals surface area contributed by atoms with Gasteiger partial charge in [-0.05, 0) is 30.5 Å². The zero-order valence-electron chi connectivity index (χ0n) is 10.5. The maximum absolute atomic E-state index is 11.8. The Hall–Kier alpha value is -2.18. The summed E-state index contributed by atoms with van der Waals surface area (Å²) < 4.78 is 0. The molecule has 0 unspecified atom stereocenters. The van der Waals surface area contributed by atoms with Crippen LogP contribution in [0.15, 0.2) is 59.5 Å². The van der Waals surface area contributed by atoms with Crippen molar-refractivity contribution >= 4 is 23.4 Å². The van der Waals surface area contributed by atoms with Crippen molar-refractivity contribution in [3.05, 3.63) is 60.2 Å². The first-order chi connectivity index (χ1) is 9.29. The van der Waals surface area contributed by atoms with E-state index in [0.717, 1.165) is 16.1 Å². The first-order valence-electron chi connectivity index (χ1n) is 5.80. The zero-order valence-corrected chi connectivity index (χ0v) is 11.3. The van der Waals surface area contributed by atoms with Crippen molar-refractivity contribution in [2.75, 3.05) is 11.6 Å². The number of para-hydroxylation sites is 1. The second kappa shape index (κ2) is 6.67. The molecule has 3 heteroatoms. The van der Waals surface area contributed by atoms with E-state index in [1.54, 1.807) is 11.8 Å². The molecule has 0 aliphatic heterocycles. The standard InChI is InChI=1S/C16H13NOS/c1-19-15-10-6-5-9-14(15)17-16(18)12-11-13-7-3-2-4-8-13/h2-10H,1H3,(H,17,18). The van der Waals surface area contributed by atoms with Crippen LogP contribution in [0.2, 0.25) is 0 Å². The molecule has 0 bridgehead atoms. The topological polar surface area (TPSA) is 29.1 Å². The second-order valence-corrected chi connectivity index (χ2v) is 4.62. The van der Waals surface area contributed by atoms with Gasteiger partial charge in [0.2, 0.25) is 0 Å². The minimum absolute atomic E-state index is 0.301. The van der Waals surface area contributed by atoms with E-state index in [0.29, 0.717) is 0 Å². The summed E-state index contributed by atoms with van der Waals surface area (Å²) in [6, 6.07) is 17.1. The fourth-order valence-electron chi connectivity index (χ4n) is 1.55. The third kappa shape index (κ3) is 3.90. The molecule has 0 spiro atoms. The second-order valence-electron chi connectivity index (χ2n) is 3.77. The molecule has 94 valence electrons. The van der Waals surface area contributed by atoms with Crippen LogP contribution in [-0.2, 0) is 4.79 Å². The number of amides is 1. The molecule has 1 N–H and O–H groups in total. The molecular weight excluding hydrogens is 254 g/mol. The van der Waals surface area contributed by atoms with E-state index in [1.807, 2.05) is 60.9 Å². The third-order valence-electron chi connectivity index (χ3n) is 2.45. The van der Waals surface area contributed by atoms with Crippen molar-refractivity contribution in [3.63, 3.8) is 0 Å². The van der Waals surface area contributed by atoms with Crippen molar-refractivity contribution in [1.29, 1.82) is 0 Å². The number of hydrogen-bond donors (Lipinski definition) is 1. The van der Waals surface area contributed by atoms with Gasteiger partial charge in [-0.15, -0.1) is 11.8 Å². The number of hydrogen-bond acceptors (Lipinski definition) is 2. The minimum atomic E-state index is -0.301. The van der Waals surface area contributed by atoms with Gasteiger partial charge in [0.05, 0.1) is 5.69 Å². The zero-order chi connectivity index (χ0) is 13.5. The Bertz CT molecular complexity index is 626. The minimum Gasteiger partial charge on any atom is -0.314 e. The molecule has 0 saturated carbocycles. The molecule has 0 heterocycles. The molecule has 2 aromatic carbocycles. The summed E-state index contributed by atoms with van der Waals surface area (Å²) in [5.41, 5.74) is 1.62. The average molecular weight is 267 g/mol. The summed E-state index contributed by atoms with van der Waals surface area (Å²) in [6.45, 7) is 0. The molecule has 2 nitrogen and oxygen atoms in total. The number of anilines is 1. The highest BCUT2D eigenvalue weighted by Gasteiger charge is 2.02. The van der Waals surface area contributed by atoms with Crippen molar-refractivity contribution in [2.24, 2.45) is 0 Å². The fraction of sp³-hybridized carbons (Fsp3) is 0.0625. The van der Waals surface area contributed by atoms with Gasteiger partial charge < -0.3 is 5.32 Å². The predicted octanol–water partition coefficient (Wildman–Crippen LogP) is 3.40. The Morgan fingerprint density at radius 1 is 1.05 bits per heavy atom. The van der Waals surface area contributed by atoms with Gasteiger partial charge in [-0.1, -0.05) is 36.3 Å². The van der Waals surface area contributed by atoms with E-state index in [4.69, 9.17) is 0 Å². The Morgan fingerprint density at radius 3 is 2.47 bits per heavy atom. The maximum atomic E-state index is 11.8. The van der Waals surface area contributed by atoms with Crippen LogP contribution in [0, 0.1) is 11.8 Å². The van der Waals surface area contributed by atoms with E-state index in [1.165, 1.54) is 0 Å². The fourth-order valence-corrected chi connectivity index (χ4v) is 2.11. The molecule has 0 aromatic heterocycles. The Balaban J connectivity index is 2.08. The molecule has 0 atom stereocenters.